The van der Waals surface area contributed by atoms with Crippen LogP contribution in [0, 0.1) is 17.8 Å². The lowest BCUT2D eigenvalue weighted by Gasteiger charge is -2.27. The first-order chi connectivity index (χ1) is 14.3. The third-order valence-electron chi connectivity index (χ3n) is 6.18. The van der Waals surface area contributed by atoms with E-state index in [1.54, 1.807) is 6.08 Å². The monoisotopic (exact) mass is 408 g/mol. The molecule has 3 aliphatic rings. The lowest BCUT2D eigenvalue weighted by molar-refractivity contribution is -0.115. The smallest absolute Gasteiger partial charge is 0.244 e. The SMILES string of the molecule is CC1=C(C#Cc2nn([C@H]3CC[C@H](O)CC3)c3c2C(N)=NCN3)C=C(C(N)=O)C(C)C1. The fourth-order valence-corrected chi connectivity index (χ4v) is 4.46. The molecule has 0 aromatic carbocycles. The summed E-state index contributed by atoms with van der Waals surface area (Å²) < 4.78 is 1.96. The van der Waals surface area contributed by atoms with Gasteiger partial charge < -0.3 is 21.9 Å². The summed E-state index contributed by atoms with van der Waals surface area (Å²) in [5.41, 5.74) is 15.5. The van der Waals surface area contributed by atoms with E-state index >= 15 is 0 Å². The number of fused-ring (bicyclic) bond motifs is 1. The summed E-state index contributed by atoms with van der Waals surface area (Å²) in [4.78, 5) is 16.0. The number of hydrogen-bond acceptors (Lipinski definition) is 6. The van der Waals surface area contributed by atoms with Crippen LogP contribution < -0.4 is 16.8 Å². The Morgan fingerprint density at radius 1 is 1.30 bits per heavy atom. The first kappa shape index (κ1) is 20.2. The maximum Gasteiger partial charge on any atom is 0.244 e. The topological polar surface area (TPSA) is 132 Å². The molecule has 8 heteroatoms. The lowest BCUT2D eigenvalue weighted by atomic mass is 9.85. The van der Waals surface area contributed by atoms with Crippen molar-refractivity contribution in [2.24, 2.45) is 22.4 Å². The van der Waals surface area contributed by atoms with Crippen LogP contribution in [-0.4, -0.2) is 39.4 Å². The number of aliphatic imine (C=N–C) groups is 1. The molecule has 30 heavy (non-hydrogen) atoms. The number of amides is 1. The van der Waals surface area contributed by atoms with E-state index in [1.165, 1.54) is 0 Å². The predicted molar refractivity (Wildman–Crippen MR) is 116 cm³/mol. The van der Waals surface area contributed by atoms with Crippen molar-refractivity contribution in [3.8, 4) is 11.8 Å². The van der Waals surface area contributed by atoms with Crippen molar-refractivity contribution in [2.75, 3.05) is 12.0 Å². The highest BCUT2D eigenvalue weighted by Gasteiger charge is 2.29. The molecule has 2 aliphatic carbocycles. The van der Waals surface area contributed by atoms with Crippen LogP contribution in [0.15, 0.2) is 27.8 Å². The van der Waals surface area contributed by atoms with E-state index in [2.05, 4.69) is 22.2 Å². The number of nitrogens with two attached hydrogens (primary N) is 2. The van der Waals surface area contributed by atoms with Gasteiger partial charge in [0.15, 0.2) is 0 Å². The summed E-state index contributed by atoms with van der Waals surface area (Å²) in [7, 11) is 0. The van der Waals surface area contributed by atoms with Gasteiger partial charge in [0.05, 0.1) is 17.7 Å². The Morgan fingerprint density at radius 3 is 2.73 bits per heavy atom. The van der Waals surface area contributed by atoms with Gasteiger partial charge in [-0.2, -0.15) is 5.10 Å². The van der Waals surface area contributed by atoms with Crippen molar-refractivity contribution >= 4 is 17.6 Å². The highest BCUT2D eigenvalue weighted by atomic mass is 16.3. The second-order valence-electron chi connectivity index (χ2n) is 8.37. The van der Waals surface area contributed by atoms with Gasteiger partial charge >= 0.3 is 0 Å². The van der Waals surface area contributed by atoms with Crippen LogP contribution in [-0.2, 0) is 4.79 Å². The molecule has 1 aliphatic heterocycles. The Morgan fingerprint density at radius 2 is 2.03 bits per heavy atom. The first-order valence-electron chi connectivity index (χ1n) is 10.4. The van der Waals surface area contributed by atoms with Gasteiger partial charge in [-0.3, -0.25) is 4.79 Å². The Hall–Kier alpha value is -3.05. The molecule has 158 valence electrons. The molecule has 1 aromatic rings. The number of carbonyl (C=O) groups excluding carboxylic acids is 1. The Kier molecular flexibility index (Phi) is 5.39. The van der Waals surface area contributed by atoms with Gasteiger partial charge in [-0.05, 0) is 56.9 Å². The van der Waals surface area contributed by atoms with Crippen molar-refractivity contribution in [3.63, 3.8) is 0 Å². The number of nitrogens with one attached hydrogen (secondary N) is 1. The van der Waals surface area contributed by atoms with E-state index in [0.29, 0.717) is 23.8 Å². The van der Waals surface area contributed by atoms with Crippen LogP contribution in [0.25, 0.3) is 0 Å². The van der Waals surface area contributed by atoms with E-state index in [1.807, 2.05) is 18.5 Å². The van der Waals surface area contributed by atoms with Gasteiger partial charge in [-0.15, -0.1) is 0 Å². The number of amidine groups is 1. The van der Waals surface area contributed by atoms with Gasteiger partial charge in [-0.25, -0.2) is 9.67 Å². The lowest BCUT2D eigenvalue weighted by Crippen LogP contribution is -2.26. The summed E-state index contributed by atoms with van der Waals surface area (Å²) in [5.74, 6) is 7.28. The second-order valence-corrected chi connectivity index (χ2v) is 8.37. The Labute approximate surface area is 176 Å². The first-order valence-corrected chi connectivity index (χ1v) is 10.4. The molecule has 1 saturated carbocycles. The molecule has 1 amide bonds. The molecular weight excluding hydrogens is 380 g/mol. The van der Waals surface area contributed by atoms with Crippen molar-refractivity contribution in [1.29, 1.82) is 0 Å². The quantitative estimate of drug-likeness (QED) is 0.552. The predicted octanol–water partition coefficient (Wildman–Crippen LogP) is 1.57. The molecular formula is C22H28N6O2. The zero-order valence-corrected chi connectivity index (χ0v) is 17.4. The van der Waals surface area contributed by atoms with Crippen LogP contribution in [0.2, 0.25) is 0 Å². The molecule has 0 bridgehead atoms. The van der Waals surface area contributed by atoms with Crippen LogP contribution in [0.5, 0.6) is 0 Å². The third kappa shape index (κ3) is 3.73. The number of aromatic nitrogens is 2. The Balaban J connectivity index is 1.72. The van der Waals surface area contributed by atoms with Gasteiger partial charge in [0.25, 0.3) is 0 Å². The zero-order chi connectivity index (χ0) is 21.4. The number of carbonyl (C=O) groups is 1. The highest BCUT2D eigenvalue weighted by Crippen LogP contribution is 2.34. The van der Waals surface area contributed by atoms with Crippen molar-refractivity contribution in [3.05, 3.63) is 34.1 Å². The number of aliphatic hydroxyl groups excluding tert-OH is 1. The van der Waals surface area contributed by atoms with Crippen LogP contribution in [0.3, 0.4) is 0 Å². The molecule has 1 atom stereocenters. The summed E-state index contributed by atoms with van der Waals surface area (Å²) >= 11 is 0. The van der Waals surface area contributed by atoms with Crippen molar-refractivity contribution in [1.82, 2.24) is 9.78 Å². The number of hydrogen-bond donors (Lipinski definition) is 4. The molecule has 1 unspecified atom stereocenters. The average Bonchev–Trinajstić information content (AvgIpc) is 3.07. The molecule has 0 saturated heterocycles. The highest BCUT2D eigenvalue weighted by molar-refractivity contribution is 6.05. The van der Waals surface area contributed by atoms with Gasteiger partial charge in [0.1, 0.15) is 24.0 Å². The van der Waals surface area contributed by atoms with E-state index in [4.69, 9.17) is 16.6 Å². The molecule has 2 heterocycles. The number of allylic oxidation sites excluding steroid dienone is 3. The maximum atomic E-state index is 11.7. The zero-order valence-electron chi connectivity index (χ0n) is 17.4. The van der Waals surface area contributed by atoms with Gasteiger partial charge in [-0.1, -0.05) is 18.4 Å². The summed E-state index contributed by atoms with van der Waals surface area (Å²) in [6, 6.07) is 0.189. The molecule has 0 spiro atoms. The number of rotatable bonds is 2. The molecule has 0 radical (unpaired) electrons. The second kappa shape index (κ2) is 8.00. The minimum Gasteiger partial charge on any atom is -0.393 e. The van der Waals surface area contributed by atoms with Crippen molar-refractivity contribution < 1.29 is 9.90 Å². The Bertz CT molecular complexity index is 1030. The summed E-state index contributed by atoms with van der Waals surface area (Å²) in [6.07, 6.45) is 5.54. The number of primary amides is 1. The standard InChI is InChI=1S/C22H28N6O2/c1-12-9-13(2)17(21(24)30)10-14(12)3-8-18-19-20(23)25-11-26-22(19)28(27-18)15-4-6-16(29)7-5-15/h10,13,15-16,26,29H,4-7,9,11H2,1-2H3,(H2,23,25)(H2,24,30)/t13?,15-,16-. The summed E-state index contributed by atoms with van der Waals surface area (Å²) in [6.45, 7) is 4.42. The fraction of sp³-hybridized carbons (Fsp3) is 0.500. The molecule has 4 rings (SSSR count). The van der Waals surface area contributed by atoms with Crippen molar-refractivity contribution in [2.45, 2.75) is 58.1 Å². The number of anilines is 1. The normalized spacial score (nSPS) is 26.0. The van der Waals surface area contributed by atoms with Crippen LogP contribution in [0.1, 0.15) is 63.3 Å². The third-order valence-corrected chi connectivity index (χ3v) is 6.18. The van der Waals surface area contributed by atoms with E-state index in [0.717, 1.165) is 54.6 Å². The molecule has 8 nitrogen and oxygen atoms in total. The summed E-state index contributed by atoms with van der Waals surface area (Å²) in [5, 5.41) is 17.9. The molecule has 6 N–H and O–H groups in total. The van der Waals surface area contributed by atoms with Crippen LogP contribution in [0.4, 0.5) is 5.82 Å². The van der Waals surface area contributed by atoms with E-state index in [-0.39, 0.29) is 18.1 Å². The van der Waals surface area contributed by atoms with Gasteiger partial charge in [0.2, 0.25) is 5.91 Å². The minimum absolute atomic E-state index is 0.0913. The number of aliphatic hydroxyl groups is 1. The van der Waals surface area contributed by atoms with Gasteiger partial charge in [0, 0.05) is 11.1 Å². The minimum atomic E-state index is -0.406. The largest absolute Gasteiger partial charge is 0.393 e. The maximum absolute atomic E-state index is 11.7. The molecule has 1 aromatic heterocycles. The number of nitrogens with zero attached hydrogens (tertiary/aromatic N) is 3. The average molecular weight is 409 g/mol. The molecule has 1 fully saturated rings. The van der Waals surface area contributed by atoms with E-state index < -0.39 is 5.91 Å². The van der Waals surface area contributed by atoms with Crippen LogP contribution >= 0.6 is 0 Å². The fourth-order valence-electron chi connectivity index (χ4n) is 4.46. The van der Waals surface area contributed by atoms with E-state index in [9.17, 15) is 9.90 Å².